The van der Waals surface area contributed by atoms with Crippen LogP contribution in [0, 0.1) is 5.82 Å². The molecule has 82 valence electrons. The third-order valence-corrected chi connectivity index (χ3v) is 2.13. The molecule has 0 aliphatic heterocycles. The fourth-order valence-electron chi connectivity index (χ4n) is 0.919. The first-order chi connectivity index (χ1) is 6.97. The highest BCUT2D eigenvalue weighted by Gasteiger charge is 2.23. The Kier molecular flexibility index (Phi) is 3.67. The Hall–Kier alpha value is -1.11. The van der Waals surface area contributed by atoms with Gasteiger partial charge in [0.2, 0.25) is 0 Å². The van der Waals surface area contributed by atoms with Crippen molar-refractivity contribution in [1.29, 1.82) is 0 Å². The maximum absolute atomic E-state index is 13.0. The van der Waals surface area contributed by atoms with Crippen LogP contribution in [0.25, 0.3) is 0 Å². The molecule has 15 heavy (non-hydrogen) atoms. The fraction of sp³-hybridized carbons (Fsp3) is 0.250. The maximum Gasteiger partial charge on any atom is 0.340 e. The van der Waals surface area contributed by atoms with Crippen LogP contribution < -0.4 is 0 Å². The van der Waals surface area contributed by atoms with E-state index in [2.05, 4.69) is 25.7 Å². The number of ether oxygens (including phenoxy) is 1. The Bertz CT molecular complexity index is 398. The fourth-order valence-corrected chi connectivity index (χ4v) is 1.22. The number of alkyl halides is 2. The zero-order chi connectivity index (χ0) is 11.6. The van der Waals surface area contributed by atoms with Gasteiger partial charge in [0.05, 0.1) is 12.7 Å². The van der Waals surface area contributed by atoms with Crippen LogP contribution in [0.5, 0.6) is 0 Å². The second kappa shape index (κ2) is 4.61. The van der Waals surface area contributed by atoms with Crippen LogP contribution in [0.1, 0.15) is 22.5 Å². The lowest BCUT2D eigenvalue weighted by Crippen LogP contribution is -2.09. The minimum absolute atomic E-state index is 0.370. The molecule has 0 aliphatic rings. The molecule has 1 heterocycles. The Labute approximate surface area is 91.4 Å². The molecular formula is C8H5BrF3NO2. The lowest BCUT2D eigenvalue weighted by Gasteiger charge is -2.06. The van der Waals surface area contributed by atoms with Crippen LogP contribution >= 0.6 is 15.9 Å². The summed E-state index contributed by atoms with van der Waals surface area (Å²) in [5.74, 6) is -1.95. The Morgan fingerprint density at radius 2 is 2.20 bits per heavy atom. The van der Waals surface area contributed by atoms with Gasteiger partial charge in [0.25, 0.3) is 6.43 Å². The van der Waals surface area contributed by atoms with Crippen molar-refractivity contribution in [2.75, 3.05) is 7.11 Å². The molecule has 7 heteroatoms. The van der Waals surface area contributed by atoms with E-state index in [4.69, 9.17) is 0 Å². The van der Waals surface area contributed by atoms with Crippen LogP contribution in [0.2, 0.25) is 0 Å². The first-order valence-electron chi connectivity index (χ1n) is 3.69. The molecule has 0 fully saturated rings. The summed E-state index contributed by atoms with van der Waals surface area (Å²) in [6.07, 6.45) is -2.98. The van der Waals surface area contributed by atoms with Gasteiger partial charge in [0.15, 0.2) is 5.82 Å². The van der Waals surface area contributed by atoms with Crippen molar-refractivity contribution in [1.82, 2.24) is 4.98 Å². The summed E-state index contributed by atoms with van der Waals surface area (Å²) in [7, 11) is 1.01. The SMILES string of the molecule is COC(=O)c1cc(F)c(Br)nc1C(F)F. The van der Waals surface area contributed by atoms with Gasteiger partial charge in [-0.25, -0.2) is 22.9 Å². The van der Waals surface area contributed by atoms with Gasteiger partial charge in [-0.15, -0.1) is 0 Å². The van der Waals surface area contributed by atoms with Gasteiger partial charge in [0, 0.05) is 0 Å². The average molecular weight is 284 g/mol. The first kappa shape index (κ1) is 12.0. The second-order valence-corrected chi connectivity index (χ2v) is 3.24. The largest absolute Gasteiger partial charge is 0.465 e. The number of carbonyl (C=O) groups excluding carboxylic acids is 1. The van der Waals surface area contributed by atoms with Crippen molar-refractivity contribution >= 4 is 21.9 Å². The highest BCUT2D eigenvalue weighted by atomic mass is 79.9. The summed E-state index contributed by atoms with van der Waals surface area (Å²) in [6, 6.07) is 0.657. The predicted molar refractivity (Wildman–Crippen MR) is 48.2 cm³/mol. The van der Waals surface area contributed by atoms with Gasteiger partial charge < -0.3 is 4.74 Å². The minimum Gasteiger partial charge on any atom is -0.465 e. The number of hydrogen-bond donors (Lipinski definition) is 0. The highest BCUT2D eigenvalue weighted by molar-refractivity contribution is 9.10. The molecule has 1 rings (SSSR count). The van der Waals surface area contributed by atoms with Crippen molar-refractivity contribution in [3.8, 4) is 0 Å². The molecule has 1 aromatic heterocycles. The van der Waals surface area contributed by atoms with E-state index in [1.54, 1.807) is 0 Å². The zero-order valence-electron chi connectivity index (χ0n) is 7.43. The van der Waals surface area contributed by atoms with Gasteiger partial charge in [-0.2, -0.15) is 0 Å². The number of pyridine rings is 1. The summed E-state index contributed by atoms with van der Waals surface area (Å²) in [5.41, 5.74) is -1.39. The van der Waals surface area contributed by atoms with E-state index in [0.717, 1.165) is 7.11 Å². The second-order valence-electron chi connectivity index (χ2n) is 2.49. The molecule has 0 atom stereocenters. The number of nitrogens with zero attached hydrogens (tertiary/aromatic N) is 1. The van der Waals surface area contributed by atoms with Crippen molar-refractivity contribution in [2.24, 2.45) is 0 Å². The molecule has 3 nitrogen and oxygen atoms in total. The molecule has 0 amide bonds. The molecule has 0 N–H and O–H groups in total. The highest BCUT2D eigenvalue weighted by Crippen LogP contribution is 2.25. The number of methoxy groups -OCH3 is 1. The van der Waals surface area contributed by atoms with Crippen molar-refractivity contribution in [3.63, 3.8) is 0 Å². The van der Waals surface area contributed by atoms with E-state index in [9.17, 15) is 18.0 Å². The van der Waals surface area contributed by atoms with Crippen LogP contribution in [-0.2, 0) is 4.74 Å². The van der Waals surface area contributed by atoms with Crippen molar-refractivity contribution in [3.05, 3.63) is 27.7 Å². The van der Waals surface area contributed by atoms with Crippen molar-refractivity contribution in [2.45, 2.75) is 6.43 Å². The summed E-state index contributed by atoms with van der Waals surface area (Å²) >= 11 is 2.65. The van der Waals surface area contributed by atoms with E-state index >= 15 is 0 Å². The average Bonchev–Trinajstić information content (AvgIpc) is 2.20. The Morgan fingerprint density at radius 3 is 2.67 bits per heavy atom. The van der Waals surface area contributed by atoms with Gasteiger partial charge in [-0.05, 0) is 22.0 Å². The topological polar surface area (TPSA) is 39.2 Å². The zero-order valence-corrected chi connectivity index (χ0v) is 9.02. The smallest absolute Gasteiger partial charge is 0.340 e. The minimum atomic E-state index is -2.98. The van der Waals surface area contributed by atoms with Crippen molar-refractivity contribution < 1.29 is 22.7 Å². The lowest BCUT2D eigenvalue weighted by atomic mass is 10.2. The normalized spacial score (nSPS) is 10.5. The first-order valence-corrected chi connectivity index (χ1v) is 4.49. The summed E-state index contributed by atoms with van der Waals surface area (Å²) in [4.78, 5) is 14.3. The van der Waals surface area contributed by atoms with Gasteiger partial charge >= 0.3 is 5.97 Å². The van der Waals surface area contributed by atoms with Crippen LogP contribution in [-0.4, -0.2) is 18.1 Å². The number of hydrogen-bond acceptors (Lipinski definition) is 3. The van der Waals surface area contributed by atoms with Gasteiger partial charge in [-0.3, -0.25) is 0 Å². The molecule has 0 aliphatic carbocycles. The number of halogens is 4. The molecule has 0 bridgehead atoms. The Morgan fingerprint density at radius 1 is 1.60 bits per heavy atom. The van der Waals surface area contributed by atoms with E-state index in [0.29, 0.717) is 6.07 Å². The van der Waals surface area contributed by atoms with E-state index < -0.39 is 29.5 Å². The molecule has 1 aromatic rings. The predicted octanol–water partition coefficient (Wildman–Crippen LogP) is 2.71. The summed E-state index contributed by atoms with van der Waals surface area (Å²) in [5, 5.41) is 0. The quantitative estimate of drug-likeness (QED) is 0.619. The molecule has 0 spiro atoms. The molecule has 0 unspecified atom stereocenters. The number of aromatic nitrogens is 1. The van der Waals surface area contributed by atoms with Gasteiger partial charge in [0.1, 0.15) is 10.3 Å². The summed E-state index contributed by atoms with van der Waals surface area (Å²) in [6.45, 7) is 0. The number of carbonyl (C=O) groups is 1. The standard InChI is InChI=1S/C8H5BrF3NO2/c1-15-8(14)3-2-4(10)6(9)13-5(3)7(11)12/h2,7H,1H3. The number of esters is 1. The van der Waals surface area contributed by atoms with Gasteiger partial charge in [-0.1, -0.05) is 0 Å². The number of rotatable bonds is 2. The maximum atomic E-state index is 13.0. The Balaban J connectivity index is 3.34. The monoisotopic (exact) mass is 283 g/mol. The lowest BCUT2D eigenvalue weighted by molar-refractivity contribution is 0.0586. The summed E-state index contributed by atoms with van der Waals surface area (Å²) < 4.78 is 41.7. The molecular weight excluding hydrogens is 279 g/mol. The third-order valence-electron chi connectivity index (χ3n) is 1.57. The molecule has 0 saturated carbocycles. The van der Waals surface area contributed by atoms with Crippen LogP contribution in [0.4, 0.5) is 13.2 Å². The molecule has 0 radical (unpaired) electrons. The van der Waals surface area contributed by atoms with E-state index in [1.165, 1.54) is 0 Å². The van der Waals surface area contributed by atoms with E-state index in [1.807, 2.05) is 0 Å². The molecule has 0 aromatic carbocycles. The van der Waals surface area contributed by atoms with Crippen LogP contribution in [0.15, 0.2) is 10.7 Å². The van der Waals surface area contributed by atoms with Crippen LogP contribution in [0.3, 0.4) is 0 Å². The third kappa shape index (κ3) is 2.47. The van der Waals surface area contributed by atoms with E-state index in [-0.39, 0.29) is 4.60 Å². The molecule has 0 saturated heterocycles.